The molecular weight excluding hydrogens is 336 g/mol. The van der Waals surface area contributed by atoms with Crippen molar-refractivity contribution in [2.45, 2.75) is 32.7 Å². The molecule has 2 N–H and O–H groups in total. The summed E-state index contributed by atoms with van der Waals surface area (Å²) in [6, 6.07) is 11.9. The summed E-state index contributed by atoms with van der Waals surface area (Å²) in [4.78, 5) is 13.5. The fraction of sp³-hybridized carbons (Fsp3) is 0.238. The first kappa shape index (κ1) is 17.3. The molecule has 0 spiro atoms. The number of aromatic nitrogens is 5. The van der Waals surface area contributed by atoms with Gasteiger partial charge in [-0.05, 0) is 62.2 Å². The zero-order chi connectivity index (χ0) is 19.0. The van der Waals surface area contributed by atoms with Gasteiger partial charge in [0.1, 0.15) is 0 Å². The summed E-state index contributed by atoms with van der Waals surface area (Å²) in [5.41, 5.74) is 10.4. The molecule has 0 bridgehead atoms. The van der Waals surface area contributed by atoms with E-state index in [0.29, 0.717) is 0 Å². The Kier molecular flexibility index (Phi) is 4.20. The predicted molar refractivity (Wildman–Crippen MR) is 106 cm³/mol. The van der Waals surface area contributed by atoms with Crippen molar-refractivity contribution < 1.29 is 0 Å². The minimum Gasteiger partial charge on any atom is -0.322 e. The van der Waals surface area contributed by atoms with Crippen molar-refractivity contribution >= 4 is 11.0 Å². The third-order valence-electron chi connectivity index (χ3n) is 4.62. The minimum atomic E-state index is -0.415. The molecule has 0 unspecified atom stereocenters. The van der Waals surface area contributed by atoms with E-state index in [2.05, 4.69) is 27.0 Å². The van der Waals surface area contributed by atoms with E-state index in [1.54, 1.807) is 17.1 Å². The SMILES string of the molecule is CCc1nn(-c2ccc(-c3cc(C(C)(C)N)ccn3)cn2)c2ncccc12. The summed E-state index contributed by atoms with van der Waals surface area (Å²) < 4.78 is 1.80. The first-order chi connectivity index (χ1) is 13.0. The zero-order valence-electron chi connectivity index (χ0n) is 15.7. The number of hydrogen-bond acceptors (Lipinski definition) is 5. The van der Waals surface area contributed by atoms with E-state index in [1.165, 1.54) is 0 Å². The van der Waals surface area contributed by atoms with Crippen molar-refractivity contribution in [1.82, 2.24) is 24.7 Å². The van der Waals surface area contributed by atoms with Crippen LogP contribution >= 0.6 is 0 Å². The molecule has 4 aromatic heterocycles. The molecule has 0 aromatic carbocycles. The lowest BCUT2D eigenvalue weighted by atomic mass is 9.95. The molecule has 4 rings (SSSR count). The van der Waals surface area contributed by atoms with E-state index >= 15 is 0 Å². The average Bonchev–Trinajstić information content (AvgIpc) is 3.06. The van der Waals surface area contributed by atoms with E-state index in [9.17, 15) is 0 Å². The van der Waals surface area contributed by atoms with Crippen molar-refractivity contribution in [3.63, 3.8) is 0 Å². The van der Waals surface area contributed by atoms with Gasteiger partial charge >= 0.3 is 0 Å². The monoisotopic (exact) mass is 358 g/mol. The molecule has 136 valence electrons. The molecule has 0 aliphatic heterocycles. The zero-order valence-corrected chi connectivity index (χ0v) is 15.7. The average molecular weight is 358 g/mol. The molecule has 4 heterocycles. The molecule has 0 fully saturated rings. The van der Waals surface area contributed by atoms with Crippen LogP contribution in [0.2, 0.25) is 0 Å². The second-order valence-electron chi connectivity index (χ2n) is 7.14. The molecule has 6 heteroatoms. The second kappa shape index (κ2) is 6.55. The van der Waals surface area contributed by atoms with Crippen molar-refractivity contribution in [2.24, 2.45) is 5.73 Å². The number of nitrogens with zero attached hydrogens (tertiary/aromatic N) is 5. The number of rotatable bonds is 4. The Labute approximate surface area is 158 Å². The fourth-order valence-corrected chi connectivity index (χ4v) is 3.09. The Balaban J connectivity index is 1.74. The van der Waals surface area contributed by atoms with Gasteiger partial charge in [0.15, 0.2) is 11.5 Å². The van der Waals surface area contributed by atoms with Gasteiger partial charge in [0, 0.05) is 35.1 Å². The molecule has 27 heavy (non-hydrogen) atoms. The number of fused-ring (bicyclic) bond motifs is 1. The van der Waals surface area contributed by atoms with Crippen LogP contribution in [0.5, 0.6) is 0 Å². The Hall–Kier alpha value is -3.12. The maximum Gasteiger partial charge on any atom is 0.164 e. The highest BCUT2D eigenvalue weighted by molar-refractivity contribution is 5.79. The van der Waals surface area contributed by atoms with Gasteiger partial charge in [-0.1, -0.05) is 6.92 Å². The van der Waals surface area contributed by atoms with E-state index < -0.39 is 5.54 Å². The van der Waals surface area contributed by atoms with Gasteiger partial charge in [-0.25, -0.2) is 9.97 Å². The Morgan fingerprint density at radius 3 is 2.59 bits per heavy atom. The summed E-state index contributed by atoms with van der Waals surface area (Å²) in [6.45, 7) is 6.05. The smallest absolute Gasteiger partial charge is 0.164 e. The van der Waals surface area contributed by atoms with Gasteiger partial charge in [-0.2, -0.15) is 9.78 Å². The quantitative estimate of drug-likeness (QED) is 0.602. The van der Waals surface area contributed by atoms with E-state index in [0.717, 1.165) is 45.8 Å². The molecule has 0 radical (unpaired) electrons. The van der Waals surface area contributed by atoms with Crippen LogP contribution in [-0.4, -0.2) is 24.7 Å². The van der Waals surface area contributed by atoms with Crippen LogP contribution in [0, 0.1) is 0 Å². The van der Waals surface area contributed by atoms with Crippen molar-refractivity contribution in [1.29, 1.82) is 0 Å². The maximum absolute atomic E-state index is 6.21. The lowest BCUT2D eigenvalue weighted by molar-refractivity contribution is 0.554. The molecule has 0 atom stereocenters. The van der Waals surface area contributed by atoms with Crippen molar-refractivity contribution in [3.8, 4) is 17.1 Å². The Bertz CT molecular complexity index is 1090. The van der Waals surface area contributed by atoms with Gasteiger partial charge < -0.3 is 5.73 Å². The third kappa shape index (κ3) is 3.19. The van der Waals surface area contributed by atoms with Crippen molar-refractivity contribution in [2.75, 3.05) is 0 Å². The van der Waals surface area contributed by atoms with Gasteiger partial charge in [-0.3, -0.25) is 4.98 Å². The van der Waals surface area contributed by atoms with Gasteiger partial charge in [-0.15, -0.1) is 0 Å². The normalized spacial score (nSPS) is 11.9. The molecule has 4 aromatic rings. The molecule has 0 aliphatic carbocycles. The summed E-state index contributed by atoms with van der Waals surface area (Å²) in [6.07, 6.45) is 6.22. The Morgan fingerprint density at radius 1 is 1.04 bits per heavy atom. The first-order valence-corrected chi connectivity index (χ1v) is 9.02. The molecular formula is C21H22N6. The second-order valence-corrected chi connectivity index (χ2v) is 7.14. The first-order valence-electron chi connectivity index (χ1n) is 9.02. The standard InChI is InChI=1S/C21H22N6/c1-4-17-16-6-5-10-24-20(16)27(26-17)19-8-7-14(13-25-19)18-12-15(9-11-23-18)21(2,3)22/h5-13H,4,22H2,1-3H3. The van der Waals surface area contributed by atoms with E-state index in [1.807, 2.05) is 56.4 Å². The largest absolute Gasteiger partial charge is 0.322 e. The highest BCUT2D eigenvalue weighted by Gasteiger charge is 2.16. The number of aryl methyl sites for hydroxylation is 1. The van der Waals surface area contributed by atoms with Gasteiger partial charge in [0.25, 0.3) is 0 Å². The molecule has 0 aliphatic rings. The van der Waals surface area contributed by atoms with Crippen LogP contribution in [0.3, 0.4) is 0 Å². The van der Waals surface area contributed by atoms with Gasteiger partial charge in [0.05, 0.1) is 11.4 Å². The molecule has 0 amide bonds. The van der Waals surface area contributed by atoms with E-state index in [4.69, 9.17) is 5.73 Å². The number of pyridine rings is 3. The van der Waals surface area contributed by atoms with Crippen LogP contribution in [0.15, 0.2) is 55.0 Å². The fourth-order valence-electron chi connectivity index (χ4n) is 3.09. The molecule has 0 saturated heterocycles. The van der Waals surface area contributed by atoms with Crippen LogP contribution in [0.4, 0.5) is 0 Å². The van der Waals surface area contributed by atoms with E-state index in [-0.39, 0.29) is 0 Å². The maximum atomic E-state index is 6.21. The topological polar surface area (TPSA) is 82.5 Å². The van der Waals surface area contributed by atoms with Crippen LogP contribution in [-0.2, 0) is 12.0 Å². The summed E-state index contributed by atoms with van der Waals surface area (Å²) in [5.74, 6) is 0.734. The van der Waals surface area contributed by atoms with Crippen LogP contribution in [0.1, 0.15) is 32.0 Å². The molecule has 0 saturated carbocycles. The number of hydrogen-bond donors (Lipinski definition) is 1. The van der Waals surface area contributed by atoms with Crippen molar-refractivity contribution in [3.05, 3.63) is 66.2 Å². The highest BCUT2D eigenvalue weighted by atomic mass is 15.3. The third-order valence-corrected chi connectivity index (χ3v) is 4.62. The highest BCUT2D eigenvalue weighted by Crippen LogP contribution is 2.24. The van der Waals surface area contributed by atoms with Crippen LogP contribution < -0.4 is 5.73 Å². The molecule has 6 nitrogen and oxygen atoms in total. The minimum absolute atomic E-state index is 0.415. The lowest BCUT2D eigenvalue weighted by Gasteiger charge is -2.19. The number of nitrogens with two attached hydrogens (primary N) is 1. The lowest BCUT2D eigenvalue weighted by Crippen LogP contribution is -2.28. The Morgan fingerprint density at radius 2 is 1.89 bits per heavy atom. The van der Waals surface area contributed by atoms with Crippen LogP contribution in [0.25, 0.3) is 28.1 Å². The van der Waals surface area contributed by atoms with Gasteiger partial charge in [0.2, 0.25) is 0 Å². The predicted octanol–water partition coefficient (Wildman–Crippen LogP) is 3.63. The summed E-state index contributed by atoms with van der Waals surface area (Å²) in [5, 5.41) is 5.75. The summed E-state index contributed by atoms with van der Waals surface area (Å²) >= 11 is 0. The summed E-state index contributed by atoms with van der Waals surface area (Å²) in [7, 11) is 0.